The Bertz CT molecular complexity index is 1310. The molecule has 0 radical (unpaired) electrons. The van der Waals surface area contributed by atoms with E-state index in [2.05, 4.69) is 20.7 Å². The molecule has 10 heteroatoms. The van der Waals surface area contributed by atoms with Gasteiger partial charge in [0.05, 0.1) is 23.4 Å². The minimum Gasteiger partial charge on any atom is -0.505 e. The van der Waals surface area contributed by atoms with Gasteiger partial charge in [-0.2, -0.15) is 4.90 Å². The molecule has 1 aromatic carbocycles. The van der Waals surface area contributed by atoms with E-state index in [-0.39, 0.29) is 28.5 Å². The molecule has 8 nitrogen and oxygen atoms in total. The highest BCUT2D eigenvalue weighted by Crippen LogP contribution is 2.55. The SMILES string of the molecule is COC(=O)N1C(=O)[C@H]2[C@H](CC=C3[C@H](c4ccc(O)c(F)c4)C4=C(C[C@H]32)C(=O)C(Br)=CC4=O)C1=O. The molecule has 3 amide bonds. The number of hydrogen-bond donors (Lipinski definition) is 1. The summed E-state index contributed by atoms with van der Waals surface area (Å²) in [7, 11) is 1.07. The molecule has 1 N–H and O–H groups in total. The maximum absolute atomic E-state index is 14.3. The summed E-state index contributed by atoms with van der Waals surface area (Å²) < 4.78 is 19.0. The molecule has 34 heavy (non-hydrogen) atoms. The van der Waals surface area contributed by atoms with E-state index in [1.807, 2.05) is 0 Å². The van der Waals surface area contributed by atoms with Crippen molar-refractivity contribution in [3.8, 4) is 5.75 Å². The van der Waals surface area contributed by atoms with Gasteiger partial charge >= 0.3 is 6.09 Å². The molecular weight excluding hydrogens is 513 g/mol. The maximum atomic E-state index is 14.3. The van der Waals surface area contributed by atoms with Crippen LogP contribution >= 0.6 is 15.9 Å². The number of nitrogens with zero attached hydrogens (tertiary/aromatic N) is 1. The number of likely N-dealkylation sites (tertiary alicyclic amines) is 1. The highest BCUT2D eigenvalue weighted by Gasteiger charge is 2.58. The average molecular weight is 530 g/mol. The summed E-state index contributed by atoms with van der Waals surface area (Å²) in [5.74, 6) is -6.97. The molecule has 0 aromatic heterocycles. The molecule has 1 heterocycles. The van der Waals surface area contributed by atoms with Gasteiger partial charge in [-0.3, -0.25) is 19.2 Å². The van der Waals surface area contributed by atoms with Crippen LogP contribution in [-0.2, 0) is 23.9 Å². The van der Waals surface area contributed by atoms with Crippen LogP contribution in [0.15, 0.2) is 51.6 Å². The van der Waals surface area contributed by atoms with Gasteiger partial charge in [0, 0.05) is 23.1 Å². The lowest BCUT2D eigenvalue weighted by Gasteiger charge is -2.42. The quantitative estimate of drug-likeness (QED) is 0.337. The second-order valence-electron chi connectivity index (χ2n) is 8.59. The third kappa shape index (κ3) is 3.04. The summed E-state index contributed by atoms with van der Waals surface area (Å²) in [4.78, 5) is 64.8. The zero-order valence-electron chi connectivity index (χ0n) is 17.7. The maximum Gasteiger partial charge on any atom is 0.423 e. The van der Waals surface area contributed by atoms with E-state index in [1.54, 1.807) is 6.08 Å². The van der Waals surface area contributed by atoms with Crippen molar-refractivity contribution in [2.75, 3.05) is 7.11 Å². The van der Waals surface area contributed by atoms with Crippen molar-refractivity contribution in [1.82, 2.24) is 4.90 Å². The Morgan fingerprint density at radius 3 is 2.59 bits per heavy atom. The molecule has 0 saturated carbocycles. The van der Waals surface area contributed by atoms with Crippen LogP contribution in [0.25, 0.3) is 0 Å². The number of Topliss-reactive ketones (excluding diaryl/α,β-unsaturated/α-hetero) is 1. The minimum absolute atomic E-state index is 0.0148. The van der Waals surface area contributed by atoms with Crippen LogP contribution in [0.5, 0.6) is 5.75 Å². The molecule has 174 valence electrons. The predicted octanol–water partition coefficient (Wildman–Crippen LogP) is 3.06. The number of benzene rings is 1. The molecule has 0 bridgehead atoms. The van der Waals surface area contributed by atoms with Crippen LogP contribution in [-0.4, -0.2) is 46.6 Å². The predicted molar refractivity (Wildman–Crippen MR) is 117 cm³/mol. The monoisotopic (exact) mass is 529 g/mol. The average Bonchev–Trinajstić information content (AvgIpc) is 3.07. The molecular formula is C24H17BrFNO7. The van der Waals surface area contributed by atoms with Gasteiger partial charge < -0.3 is 9.84 Å². The van der Waals surface area contributed by atoms with Gasteiger partial charge in [0.25, 0.3) is 0 Å². The van der Waals surface area contributed by atoms with Crippen molar-refractivity contribution >= 4 is 45.4 Å². The molecule has 1 saturated heterocycles. The molecule has 4 atom stereocenters. The first-order valence-corrected chi connectivity index (χ1v) is 11.3. The van der Waals surface area contributed by atoms with Crippen LogP contribution in [0.3, 0.4) is 0 Å². The first-order chi connectivity index (χ1) is 16.1. The van der Waals surface area contributed by atoms with Crippen LogP contribution in [0.4, 0.5) is 9.18 Å². The van der Waals surface area contributed by atoms with E-state index >= 15 is 0 Å². The molecule has 3 aliphatic carbocycles. The van der Waals surface area contributed by atoms with E-state index in [0.29, 0.717) is 16.0 Å². The second-order valence-corrected chi connectivity index (χ2v) is 9.44. The fourth-order valence-electron chi connectivity index (χ4n) is 5.56. The van der Waals surface area contributed by atoms with E-state index in [9.17, 15) is 33.5 Å². The van der Waals surface area contributed by atoms with Gasteiger partial charge in [-0.1, -0.05) is 17.7 Å². The Morgan fingerprint density at radius 2 is 1.91 bits per heavy atom. The molecule has 4 aliphatic rings. The fraction of sp³-hybridized carbons (Fsp3) is 0.292. The number of methoxy groups -OCH3 is 1. The van der Waals surface area contributed by atoms with Crippen molar-refractivity contribution in [3.05, 3.63) is 62.9 Å². The molecule has 1 fully saturated rings. The number of halogens is 2. The van der Waals surface area contributed by atoms with Crippen LogP contribution in [0, 0.1) is 23.6 Å². The number of phenols is 1. The number of phenolic OH excluding ortho intramolecular Hbond substituents is 1. The lowest BCUT2D eigenvalue weighted by Crippen LogP contribution is -2.40. The number of imide groups is 3. The highest BCUT2D eigenvalue weighted by atomic mass is 79.9. The Kier molecular flexibility index (Phi) is 5.16. The summed E-state index contributed by atoms with van der Waals surface area (Å²) in [6.45, 7) is 0. The third-order valence-corrected chi connectivity index (χ3v) is 7.58. The number of amides is 3. The van der Waals surface area contributed by atoms with Gasteiger partial charge in [-0.05, 0) is 52.4 Å². The van der Waals surface area contributed by atoms with E-state index in [4.69, 9.17) is 0 Å². The third-order valence-electron chi connectivity index (χ3n) is 6.99. The van der Waals surface area contributed by atoms with Crippen molar-refractivity contribution in [3.63, 3.8) is 0 Å². The van der Waals surface area contributed by atoms with Gasteiger partial charge in [0.15, 0.2) is 23.1 Å². The number of ketones is 2. The highest BCUT2D eigenvalue weighted by molar-refractivity contribution is 9.12. The largest absolute Gasteiger partial charge is 0.505 e. The lowest BCUT2D eigenvalue weighted by atomic mass is 9.59. The molecule has 0 spiro atoms. The summed E-state index contributed by atoms with van der Waals surface area (Å²) in [5, 5.41) is 9.66. The van der Waals surface area contributed by atoms with E-state index in [1.165, 1.54) is 12.1 Å². The minimum atomic E-state index is -1.08. The van der Waals surface area contributed by atoms with Crippen molar-refractivity contribution < 1.29 is 38.2 Å². The van der Waals surface area contributed by atoms with Crippen LogP contribution in [0.1, 0.15) is 24.3 Å². The second kappa shape index (κ2) is 7.83. The smallest absolute Gasteiger partial charge is 0.423 e. The number of carbonyl (C=O) groups excluding carboxylic acids is 5. The summed E-state index contributed by atoms with van der Waals surface area (Å²) in [5.41, 5.74) is 1.29. The number of hydrogen-bond acceptors (Lipinski definition) is 7. The number of fused-ring (bicyclic) bond motifs is 3. The Labute approximate surface area is 200 Å². The number of allylic oxidation sites excluding steroid dienone is 6. The number of rotatable bonds is 1. The first-order valence-electron chi connectivity index (χ1n) is 10.5. The number of ether oxygens (including phenoxy) is 1. The fourth-order valence-corrected chi connectivity index (χ4v) is 6.01. The molecule has 1 aliphatic heterocycles. The Morgan fingerprint density at radius 1 is 1.18 bits per heavy atom. The van der Waals surface area contributed by atoms with Gasteiger partial charge in [0.2, 0.25) is 11.8 Å². The Hall–Kier alpha value is -3.40. The van der Waals surface area contributed by atoms with Crippen LogP contribution in [0.2, 0.25) is 0 Å². The molecule has 0 unspecified atom stereocenters. The van der Waals surface area contributed by atoms with Crippen LogP contribution < -0.4 is 0 Å². The van der Waals surface area contributed by atoms with Crippen molar-refractivity contribution in [2.24, 2.45) is 17.8 Å². The van der Waals surface area contributed by atoms with E-state index in [0.717, 1.165) is 19.2 Å². The number of aromatic hydroxyl groups is 1. The summed E-state index contributed by atoms with van der Waals surface area (Å²) >= 11 is 3.12. The zero-order chi connectivity index (χ0) is 24.5. The molecule has 1 aromatic rings. The van der Waals surface area contributed by atoms with Gasteiger partial charge in [-0.25, -0.2) is 9.18 Å². The first kappa shape index (κ1) is 22.4. The van der Waals surface area contributed by atoms with Gasteiger partial charge in [0.1, 0.15) is 0 Å². The summed E-state index contributed by atoms with van der Waals surface area (Å²) in [6.07, 6.45) is 1.98. The van der Waals surface area contributed by atoms with Crippen molar-refractivity contribution in [1.29, 1.82) is 0 Å². The molecule has 5 rings (SSSR count). The van der Waals surface area contributed by atoms with Crippen molar-refractivity contribution in [2.45, 2.75) is 18.8 Å². The Balaban J connectivity index is 1.68. The normalized spacial score (nSPS) is 28.3. The zero-order valence-corrected chi connectivity index (χ0v) is 19.3. The lowest BCUT2D eigenvalue weighted by molar-refractivity contribution is -0.137. The summed E-state index contributed by atoms with van der Waals surface area (Å²) in [6, 6.07) is 3.70. The number of carbonyl (C=O) groups is 5. The van der Waals surface area contributed by atoms with Gasteiger partial charge in [-0.15, -0.1) is 0 Å². The standard InChI is InChI=1S/C24H17BrFNO7/c1-34-24(33)27-22(31)11-4-3-10-12(19(11)23(27)32)7-13-20(17(29)8-14(25)21(13)30)18(10)9-2-5-16(28)15(26)6-9/h2-3,5-6,8,11-12,18-19,28H,4,7H2,1H3/t11-,12+,18-,19-/m0/s1. The van der Waals surface area contributed by atoms with E-state index < -0.39 is 64.7 Å². The topological polar surface area (TPSA) is 118 Å².